The van der Waals surface area contributed by atoms with Crippen LogP contribution >= 0.6 is 0 Å². The Kier molecular flexibility index (Phi) is 29.1. The van der Waals surface area contributed by atoms with Crippen molar-refractivity contribution in [3.05, 3.63) is 243 Å². The first-order valence-electron chi connectivity index (χ1n) is 30.6. The number of phenolic OH excluding ortho intramolecular Hbond substituents is 4. The van der Waals surface area contributed by atoms with Crippen molar-refractivity contribution in [2.45, 2.75) is 0 Å². The van der Waals surface area contributed by atoms with Crippen LogP contribution in [0.3, 0.4) is 0 Å². The van der Waals surface area contributed by atoms with Gasteiger partial charge in [-0.2, -0.15) is 0 Å². The van der Waals surface area contributed by atoms with Crippen molar-refractivity contribution in [3.63, 3.8) is 0 Å². The zero-order chi connectivity index (χ0) is 74.5. The van der Waals surface area contributed by atoms with Crippen LogP contribution in [0.4, 0.5) is 91.8 Å². The van der Waals surface area contributed by atoms with Crippen molar-refractivity contribution in [1.29, 1.82) is 0 Å². The Morgan fingerprint density at radius 1 is 0.200 bits per heavy atom. The van der Waals surface area contributed by atoms with Gasteiger partial charge in [0.05, 0.1) is 77.9 Å². The largest absolute Gasteiger partial charge is 0.673 e. The van der Waals surface area contributed by atoms with E-state index in [1.54, 1.807) is 48.5 Å². The molecular weight excluding hydrogens is 1330 g/mol. The second kappa shape index (κ2) is 36.1. The minimum Gasteiger partial charge on any atom is -0.508 e. The summed E-state index contributed by atoms with van der Waals surface area (Å²) < 4.78 is 156. The van der Waals surface area contributed by atoms with Crippen LogP contribution in [0.15, 0.2) is 243 Å². The number of aromatic hydroxyl groups is 4. The van der Waals surface area contributed by atoms with Gasteiger partial charge in [-0.25, -0.2) is 0 Å². The van der Waals surface area contributed by atoms with Crippen LogP contribution in [0.2, 0.25) is 0 Å². The van der Waals surface area contributed by atoms with Crippen LogP contribution < -0.4 is 19.6 Å². The Morgan fingerprint density at radius 2 is 0.330 bits per heavy atom. The standard InChI is InChI=1S/4C18H17NO.4BF4/c4*1-19(2)17-8-4-6-14-5-3-7-16(18(14)17)13-9-11-15(20)12-10-13;4*2-1(3,4)5/h4*3-12,20H,1-2H3;;;;/q;;;;4*-1/p+4. The summed E-state index contributed by atoms with van der Waals surface area (Å²) in [6, 6.07) is 80.7. The van der Waals surface area contributed by atoms with Crippen molar-refractivity contribution in [2.24, 2.45) is 0 Å². The predicted molar refractivity (Wildman–Crippen MR) is 375 cm³/mol. The molecule has 28 heteroatoms. The molecule has 8 nitrogen and oxygen atoms in total. The molecule has 0 aromatic heterocycles. The van der Waals surface area contributed by atoms with E-state index in [1.807, 2.05) is 48.5 Å². The summed E-state index contributed by atoms with van der Waals surface area (Å²) >= 11 is 0. The maximum Gasteiger partial charge on any atom is 0.673 e. The second-order valence-electron chi connectivity index (χ2n) is 23.0. The summed E-state index contributed by atoms with van der Waals surface area (Å²) in [5.74, 6) is 1.19. The average molecular weight is 1400 g/mol. The van der Waals surface area contributed by atoms with Gasteiger partial charge < -0.3 is 109 Å². The quantitative estimate of drug-likeness (QED) is 0.0574. The van der Waals surface area contributed by atoms with E-state index in [-0.39, 0.29) is 0 Å². The molecule has 0 radical (unpaired) electrons. The number of rotatable bonds is 8. The normalized spacial score (nSPS) is 11.3. The third-order valence-electron chi connectivity index (χ3n) is 14.5. The molecule has 0 bridgehead atoms. The van der Waals surface area contributed by atoms with Gasteiger partial charge in [-0.15, -0.1) is 0 Å². The number of phenols is 4. The molecule has 12 aromatic carbocycles. The molecule has 12 aromatic rings. The fraction of sp³-hybridized carbons (Fsp3) is 0.111. The predicted octanol–water partition coefficient (Wildman–Crippen LogP) is 17.2. The molecule has 0 atom stereocenters. The summed E-state index contributed by atoms with van der Waals surface area (Å²) in [6.07, 6.45) is 0. The first-order valence-corrected chi connectivity index (χ1v) is 30.6. The van der Waals surface area contributed by atoms with E-state index in [0.29, 0.717) is 23.0 Å². The Balaban J connectivity index is 0.000000220. The van der Waals surface area contributed by atoms with Crippen LogP contribution in [0.1, 0.15) is 0 Å². The van der Waals surface area contributed by atoms with Crippen LogP contribution in [-0.2, 0) is 0 Å². The maximum atomic E-state index is 9.75. The molecule has 0 fully saturated rings. The van der Waals surface area contributed by atoms with Crippen molar-refractivity contribution >= 4 is 94.9 Å². The number of nitrogens with one attached hydrogen (secondary N) is 4. The lowest BCUT2D eigenvalue weighted by molar-refractivity contribution is -0.785. The third-order valence-corrected chi connectivity index (χ3v) is 14.5. The molecule has 0 saturated carbocycles. The lowest BCUT2D eigenvalue weighted by Gasteiger charge is -2.14. The Morgan fingerprint density at radius 3 is 0.460 bits per heavy atom. The highest BCUT2D eigenvalue weighted by Crippen LogP contribution is 2.37. The van der Waals surface area contributed by atoms with Gasteiger partial charge in [0.15, 0.2) is 0 Å². The molecule has 0 aliphatic carbocycles. The molecule has 0 amide bonds. The fourth-order valence-corrected chi connectivity index (χ4v) is 10.6. The summed E-state index contributed by atoms with van der Waals surface area (Å²) in [7, 11) is -6.87. The molecular formula is C72H72B4F16N4O4. The molecule has 0 saturated heterocycles. The van der Waals surface area contributed by atoms with Gasteiger partial charge in [-0.1, -0.05) is 170 Å². The molecule has 528 valence electrons. The van der Waals surface area contributed by atoms with E-state index in [9.17, 15) is 89.5 Å². The summed E-state index contributed by atoms with van der Waals surface area (Å²) in [6.45, 7) is 0. The number of hydrogen-bond acceptors (Lipinski definition) is 4. The number of hydrogen-bond donors (Lipinski definition) is 8. The van der Waals surface area contributed by atoms with Crippen molar-refractivity contribution < 1.29 is 109 Å². The summed E-state index contributed by atoms with van der Waals surface area (Å²) in [5, 5.41) is 47.9. The van der Waals surface area contributed by atoms with Gasteiger partial charge >= 0.3 is 29.0 Å². The molecule has 8 N–H and O–H groups in total. The van der Waals surface area contributed by atoms with Crippen molar-refractivity contribution in [3.8, 4) is 67.5 Å². The molecule has 0 aliphatic heterocycles. The van der Waals surface area contributed by atoms with E-state index in [4.69, 9.17) is 0 Å². The van der Waals surface area contributed by atoms with Crippen LogP contribution in [0.5, 0.6) is 23.0 Å². The van der Waals surface area contributed by atoms with Crippen LogP contribution in [0, 0.1) is 0 Å². The van der Waals surface area contributed by atoms with E-state index in [1.165, 1.54) is 108 Å². The Bertz CT molecular complexity index is 3930. The summed E-state index contributed by atoms with van der Waals surface area (Å²) in [5.41, 5.74) is 14.5. The van der Waals surface area contributed by atoms with Gasteiger partial charge in [0.1, 0.15) is 45.7 Å². The maximum absolute atomic E-state index is 9.75. The van der Waals surface area contributed by atoms with E-state index >= 15 is 0 Å². The monoisotopic (exact) mass is 1400 g/mol. The average Bonchev–Trinajstić information content (AvgIpc) is 0.806. The Hall–Kier alpha value is -10.1. The highest BCUT2D eigenvalue weighted by molar-refractivity contribution is 6.51. The Labute approximate surface area is 568 Å². The number of benzene rings is 12. The molecule has 100 heavy (non-hydrogen) atoms. The van der Waals surface area contributed by atoms with Gasteiger partial charge in [0.2, 0.25) is 0 Å². The van der Waals surface area contributed by atoms with Crippen molar-refractivity contribution in [2.75, 3.05) is 56.4 Å². The number of fused-ring (bicyclic) bond motifs is 4. The number of halogens is 16. The first kappa shape index (κ1) is 80.5. The topological polar surface area (TPSA) is 98.7 Å². The smallest absolute Gasteiger partial charge is 0.508 e. The highest BCUT2D eigenvalue weighted by atomic mass is 19.5. The van der Waals surface area contributed by atoms with Crippen LogP contribution in [-0.4, -0.2) is 106 Å². The molecule has 0 unspecified atom stereocenters. The van der Waals surface area contributed by atoms with Gasteiger partial charge in [-0.3, -0.25) is 0 Å². The van der Waals surface area contributed by atoms with Gasteiger partial charge in [0.25, 0.3) is 0 Å². The highest BCUT2D eigenvalue weighted by Gasteiger charge is 2.23. The van der Waals surface area contributed by atoms with Gasteiger partial charge in [0, 0.05) is 0 Å². The molecule has 0 spiro atoms. The lowest BCUT2D eigenvalue weighted by atomic mass is 9.96. The van der Waals surface area contributed by atoms with Crippen LogP contribution in [0.25, 0.3) is 87.6 Å². The zero-order valence-corrected chi connectivity index (χ0v) is 55.2. The number of quaternary nitrogens is 4. The van der Waals surface area contributed by atoms with Gasteiger partial charge in [-0.05, 0) is 139 Å². The molecule has 0 aliphatic rings. The SMILES string of the molecule is C[NH+](C)c1cccc2cccc(-c3ccc(O)cc3)c12.C[NH+](C)c1cccc2cccc(-c3ccc(O)cc3)c12.C[NH+](C)c1cccc2cccc(-c3ccc(O)cc3)c12.C[NH+](C)c1cccc2cccc(-c3ccc(O)cc3)c12.F[B-](F)(F)F.F[B-](F)(F)F.F[B-](F)(F)F.F[B-](F)(F)F. The zero-order valence-electron chi connectivity index (χ0n) is 55.2. The first-order chi connectivity index (χ1) is 46.7. The van der Waals surface area contributed by atoms with E-state index in [0.717, 1.165) is 22.3 Å². The minimum absolute atomic E-state index is 0.299. The van der Waals surface area contributed by atoms with Crippen molar-refractivity contribution in [1.82, 2.24) is 0 Å². The third kappa shape index (κ3) is 26.6. The molecule has 0 heterocycles. The fourth-order valence-electron chi connectivity index (χ4n) is 10.6. The second-order valence-corrected chi connectivity index (χ2v) is 23.0. The van der Waals surface area contributed by atoms with E-state index in [2.05, 4.69) is 202 Å². The summed E-state index contributed by atoms with van der Waals surface area (Å²) in [4.78, 5) is 5.23. The lowest BCUT2D eigenvalue weighted by Crippen LogP contribution is -3.00. The minimum atomic E-state index is -6.00. The van der Waals surface area contributed by atoms with E-state index < -0.39 is 29.0 Å². The molecule has 12 rings (SSSR count).